The predicted molar refractivity (Wildman–Crippen MR) is 88.5 cm³/mol. The molecule has 120 valence electrons. The average molecular weight is 300 g/mol. The Morgan fingerprint density at radius 1 is 1.14 bits per heavy atom. The quantitative estimate of drug-likeness (QED) is 0.695. The molecule has 2 bridgehead atoms. The van der Waals surface area contributed by atoms with Crippen LogP contribution in [0.1, 0.15) is 46.0 Å². The fraction of sp³-hybridized carbons (Fsp3) is 0.737. The number of amides is 1. The van der Waals surface area contributed by atoms with Crippen LogP contribution in [0.5, 0.6) is 0 Å². The third kappa shape index (κ3) is 2.17. The molecule has 0 aromatic carbocycles. The molecule has 0 aromatic heterocycles. The molecule has 3 heteroatoms. The van der Waals surface area contributed by atoms with E-state index in [-0.39, 0.29) is 0 Å². The number of allylic oxidation sites excluding steroid dienone is 2. The Morgan fingerprint density at radius 3 is 2.55 bits per heavy atom. The average Bonchev–Trinajstić information content (AvgIpc) is 2.56. The molecule has 4 aliphatic heterocycles. The first-order valence-electron chi connectivity index (χ1n) is 9.08. The first-order chi connectivity index (χ1) is 10.7. The van der Waals surface area contributed by atoms with Crippen LogP contribution in [0.2, 0.25) is 0 Å². The molecule has 2 atom stereocenters. The second kappa shape index (κ2) is 5.52. The van der Waals surface area contributed by atoms with Crippen LogP contribution >= 0.6 is 0 Å². The number of hydrogen-bond donors (Lipinski definition) is 0. The van der Waals surface area contributed by atoms with E-state index >= 15 is 0 Å². The van der Waals surface area contributed by atoms with E-state index in [0.717, 1.165) is 24.6 Å². The molecule has 0 N–H and O–H groups in total. The molecular formula is C19H28N2O. The van der Waals surface area contributed by atoms with Gasteiger partial charge in [-0.15, -0.1) is 0 Å². The second-order valence-electron chi connectivity index (χ2n) is 7.65. The van der Waals surface area contributed by atoms with Gasteiger partial charge in [0.05, 0.1) is 0 Å². The zero-order valence-corrected chi connectivity index (χ0v) is 14.0. The van der Waals surface area contributed by atoms with Crippen LogP contribution in [-0.2, 0) is 4.79 Å². The summed E-state index contributed by atoms with van der Waals surface area (Å²) in [6.07, 6.45) is 8.37. The van der Waals surface area contributed by atoms with E-state index in [1.807, 2.05) is 6.92 Å². The maximum atomic E-state index is 13.1. The van der Waals surface area contributed by atoms with Gasteiger partial charge in [0.1, 0.15) is 0 Å². The predicted octanol–water partition coefficient (Wildman–Crippen LogP) is 2.99. The Kier molecular flexibility index (Phi) is 3.64. The van der Waals surface area contributed by atoms with Crippen molar-refractivity contribution in [2.45, 2.75) is 52.0 Å². The first-order valence-corrected chi connectivity index (χ1v) is 9.08. The van der Waals surface area contributed by atoms with E-state index in [0.29, 0.717) is 17.9 Å². The minimum absolute atomic E-state index is 0.314. The number of piperidine rings is 4. The van der Waals surface area contributed by atoms with Crippen LogP contribution in [0.25, 0.3) is 0 Å². The van der Waals surface area contributed by atoms with Crippen molar-refractivity contribution >= 4 is 5.91 Å². The van der Waals surface area contributed by atoms with E-state index in [4.69, 9.17) is 0 Å². The van der Waals surface area contributed by atoms with E-state index in [2.05, 4.69) is 22.8 Å². The van der Waals surface area contributed by atoms with Crippen LogP contribution in [-0.4, -0.2) is 47.9 Å². The number of nitrogens with zero attached hydrogens (tertiary/aromatic N) is 2. The Morgan fingerprint density at radius 2 is 1.91 bits per heavy atom. The highest BCUT2D eigenvalue weighted by Gasteiger charge is 2.44. The van der Waals surface area contributed by atoms with Crippen molar-refractivity contribution in [3.63, 3.8) is 0 Å². The number of carbonyl (C=O) groups is 1. The number of rotatable bonds is 1. The summed E-state index contributed by atoms with van der Waals surface area (Å²) in [5.41, 5.74) is 3.88. The fourth-order valence-corrected chi connectivity index (χ4v) is 5.32. The van der Waals surface area contributed by atoms with E-state index in [9.17, 15) is 4.79 Å². The van der Waals surface area contributed by atoms with Gasteiger partial charge in [0.15, 0.2) is 0 Å². The summed E-state index contributed by atoms with van der Waals surface area (Å²) < 4.78 is 0. The maximum Gasteiger partial charge on any atom is 0.254 e. The maximum absolute atomic E-state index is 13.1. The van der Waals surface area contributed by atoms with Gasteiger partial charge in [0, 0.05) is 30.6 Å². The van der Waals surface area contributed by atoms with Gasteiger partial charge in [-0.3, -0.25) is 4.79 Å². The number of fused-ring (bicyclic) bond motifs is 4. The highest BCUT2D eigenvalue weighted by atomic mass is 16.2. The van der Waals surface area contributed by atoms with Crippen LogP contribution in [0, 0.1) is 11.8 Å². The standard InChI is InChI=1S/C19H28N2O/c1-3-16-18-13(2)5-4-6-15(18)11-21(19(16)22)17-12-20-9-7-14(17)8-10-20/h3,14-15,17H,4-12H2,1-2H3/b16-3+/t15-,17-/m1/s1. The molecule has 0 aromatic rings. The molecule has 4 fully saturated rings. The van der Waals surface area contributed by atoms with Crippen molar-refractivity contribution in [1.29, 1.82) is 0 Å². The molecule has 0 saturated carbocycles. The highest BCUT2D eigenvalue weighted by Crippen LogP contribution is 2.42. The molecule has 0 unspecified atom stereocenters. The summed E-state index contributed by atoms with van der Waals surface area (Å²) in [5.74, 6) is 1.64. The van der Waals surface area contributed by atoms with Gasteiger partial charge in [-0.05, 0) is 70.5 Å². The Hall–Kier alpha value is -1.09. The third-order valence-electron chi connectivity index (χ3n) is 6.48. The van der Waals surface area contributed by atoms with Gasteiger partial charge in [-0.2, -0.15) is 0 Å². The second-order valence-corrected chi connectivity index (χ2v) is 7.65. The molecule has 0 radical (unpaired) electrons. The van der Waals surface area contributed by atoms with Crippen molar-refractivity contribution in [2.75, 3.05) is 26.2 Å². The van der Waals surface area contributed by atoms with Crippen LogP contribution in [0.15, 0.2) is 22.8 Å². The lowest BCUT2D eigenvalue weighted by molar-refractivity contribution is -0.135. The van der Waals surface area contributed by atoms with Crippen LogP contribution < -0.4 is 0 Å². The Labute approximate surface area is 134 Å². The third-order valence-corrected chi connectivity index (χ3v) is 6.48. The molecule has 22 heavy (non-hydrogen) atoms. The zero-order chi connectivity index (χ0) is 15.3. The molecule has 5 rings (SSSR count). The Bertz CT molecular complexity index is 540. The minimum Gasteiger partial charge on any atom is -0.333 e. The number of carbonyl (C=O) groups excluding carboxylic acids is 1. The number of likely N-dealkylation sites (tertiary alicyclic amines) is 1. The summed E-state index contributed by atoms with van der Waals surface area (Å²) in [5, 5.41) is 0. The van der Waals surface area contributed by atoms with Crippen molar-refractivity contribution in [3.8, 4) is 0 Å². The summed E-state index contributed by atoms with van der Waals surface area (Å²) in [4.78, 5) is 18.0. The molecule has 4 heterocycles. The molecule has 0 spiro atoms. The first kappa shape index (κ1) is 14.5. The molecule has 3 nitrogen and oxygen atoms in total. The lowest BCUT2D eigenvalue weighted by Crippen LogP contribution is -2.61. The minimum atomic E-state index is 0.314. The zero-order valence-electron chi connectivity index (χ0n) is 14.0. The Balaban J connectivity index is 1.65. The molecule has 4 saturated heterocycles. The van der Waals surface area contributed by atoms with E-state index < -0.39 is 0 Å². The van der Waals surface area contributed by atoms with Gasteiger partial charge >= 0.3 is 0 Å². The largest absolute Gasteiger partial charge is 0.333 e. The van der Waals surface area contributed by atoms with Crippen LogP contribution in [0.4, 0.5) is 0 Å². The summed E-state index contributed by atoms with van der Waals surface area (Å²) >= 11 is 0. The fourth-order valence-electron chi connectivity index (χ4n) is 5.32. The van der Waals surface area contributed by atoms with Gasteiger partial charge in [0.2, 0.25) is 0 Å². The topological polar surface area (TPSA) is 23.6 Å². The monoisotopic (exact) mass is 300 g/mol. The summed E-state index contributed by atoms with van der Waals surface area (Å²) in [6, 6.07) is 0.466. The van der Waals surface area contributed by atoms with Crippen molar-refractivity contribution < 1.29 is 4.79 Å². The van der Waals surface area contributed by atoms with Gasteiger partial charge < -0.3 is 9.80 Å². The molecule has 5 aliphatic rings. The van der Waals surface area contributed by atoms with Gasteiger partial charge in [0.25, 0.3) is 5.91 Å². The normalized spacial score (nSPS) is 40.4. The molecular weight excluding hydrogens is 272 g/mol. The lowest BCUT2D eigenvalue weighted by atomic mass is 9.74. The number of hydrogen-bond acceptors (Lipinski definition) is 2. The SMILES string of the molecule is C/C=C1/C(=O)N([C@@H]2CN3CCC2CC3)C[C@H]2CCCC(C)=C12. The molecule has 1 aliphatic carbocycles. The van der Waals surface area contributed by atoms with E-state index in [1.165, 1.54) is 56.3 Å². The van der Waals surface area contributed by atoms with Crippen molar-refractivity contribution in [3.05, 3.63) is 22.8 Å². The smallest absolute Gasteiger partial charge is 0.254 e. The molecule has 1 amide bonds. The summed E-state index contributed by atoms with van der Waals surface area (Å²) in [7, 11) is 0. The highest BCUT2D eigenvalue weighted by molar-refractivity contribution is 5.99. The summed E-state index contributed by atoms with van der Waals surface area (Å²) in [6.45, 7) is 8.85. The van der Waals surface area contributed by atoms with Gasteiger partial charge in [-0.25, -0.2) is 0 Å². The van der Waals surface area contributed by atoms with E-state index in [1.54, 1.807) is 0 Å². The van der Waals surface area contributed by atoms with Gasteiger partial charge in [-0.1, -0.05) is 11.6 Å². The van der Waals surface area contributed by atoms with Crippen molar-refractivity contribution in [2.24, 2.45) is 11.8 Å². The lowest BCUT2D eigenvalue weighted by Gasteiger charge is -2.52. The van der Waals surface area contributed by atoms with Crippen molar-refractivity contribution in [1.82, 2.24) is 9.80 Å². The van der Waals surface area contributed by atoms with Crippen LogP contribution in [0.3, 0.4) is 0 Å².